The summed E-state index contributed by atoms with van der Waals surface area (Å²) in [4.78, 5) is 0. The normalized spacial score (nSPS) is 11.0. The Balaban J connectivity index is 0.000000364. The molecule has 0 heterocycles. The van der Waals surface area contributed by atoms with Gasteiger partial charge in [0.2, 0.25) is 0 Å². The van der Waals surface area contributed by atoms with Crippen molar-refractivity contribution >= 4 is 23.1 Å². The van der Waals surface area contributed by atoms with Gasteiger partial charge < -0.3 is 0 Å². The van der Waals surface area contributed by atoms with E-state index >= 15 is 0 Å². The Labute approximate surface area is 133 Å². The molecule has 0 aliphatic heterocycles. The molecule has 2 aromatic carbocycles. The molecular weight excluding hydrogens is 306 g/mol. The molecular formula is C14H8F6Mg. The molecule has 0 nitrogen and oxygen atoms in total. The van der Waals surface area contributed by atoms with Crippen LogP contribution in [0.25, 0.3) is 0 Å². The average molecular weight is 315 g/mol. The van der Waals surface area contributed by atoms with Crippen molar-refractivity contribution in [2.75, 3.05) is 0 Å². The molecule has 0 unspecified atom stereocenters. The number of hydrogen-bond donors (Lipinski definition) is 0. The van der Waals surface area contributed by atoms with Gasteiger partial charge in [-0.1, -0.05) is 11.1 Å². The van der Waals surface area contributed by atoms with Gasteiger partial charge in [-0.3, -0.25) is 0 Å². The van der Waals surface area contributed by atoms with E-state index in [1.54, 1.807) is 0 Å². The first kappa shape index (κ1) is 19.8. The van der Waals surface area contributed by atoms with E-state index in [9.17, 15) is 26.3 Å². The molecule has 0 radical (unpaired) electrons. The van der Waals surface area contributed by atoms with Crippen LogP contribution in [0.5, 0.6) is 0 Å². The van der Waals surface area contributed by atoms with E-state index in [0.29, 0.717) is 0 Å². The molecule has 0 fully saturated rings. The standard InChI is InChI=1S/2C7H4F3.Mg/c2*8-7(9,10)6-4-2-1-3-5-6;/h2*1-4H;/q2*-1;+2. The van der Waals surface area contributed by atoms with Crippen LogP contribution in [0, 0.1) is 12.1 Å². The summed E-state index contributed by atoms with van der Waals surface area (Å²) in [5.41, 5.74) is -1.45. The van der Waals surface area contributed by atoms with E-state index in [1.165, 1.54) is 36.4 Å². The van der Waals surface area contributed by atoms with Crippen molar-refractivity contribution < 1.29 is 26.3 Å². The molecule has 0 aliphatic rings. The maximum atomic E-state index is 11.8. The van der Waals surface area contributed by atoms with Crippen LogP contribution in [0.1, 0.15) is 11.1 Å². The fourth-order valence-electron chi connectivity index (χ4n) is 1.14. The van der Waals surface area contributed by atoms with Crippen molar-refractivity contribution in [3.63, 3.8) is 0 Å². The molecule has 0 bridgehead atoms. The molecule has 0 amide bonds. The zero-order chi connectivity index (χ0) is 15.2. The summed E-state index contributed by atoms with van der Waals surface area (Å²) in [6, 6.07) is 14.3. The van der Waals surface area contributed by atoms with Crippen molar-refractivity contribution in [1.82, 2.24) is 0 Å². The minimum Gasteiger partial charge on any atom is -0.176 e. The van der Waals surface area contributed by atoms with Gasteiger partial charge in [0.05, 0.1) is 0 Å². The van der Waals surface area contributed by atoms with Gasteiger partial charge >= 0.3 is 35.4 Å². The molecule has 0 N–H and O–H groups in total. The van der Waals surface area contributed by atoms with Gasteiger partial charge in [-0.2, -0.15) is 87.0 Å². The minimum absolute atomic E-state index is 0. The first-order valence-corrected chi connectivity index (χ1v) is 5.29. The second kappa shape index (κ2) is 8.28. The van der Waals surface area contributed by atoms with Crippen molar-refractivity contribution in [2.24, 2.45) is 0 Å². The summed E-state index contributed by atoms with van der Waals surface area (Å²) in [6.07, 6.45) is -8.53. The predicted molar refractivity (Wildman–Crippen MR) is 66.3 cm³/mol. The summed E-state index contributed by atoms with van der Waals surface area (Å²) >= 11 is 0. The van der Waals surface area contributed by atoms with E-state index in [2.05, 4.69) is 12.1 Å². The van der Waals surface area contributed by atoms with Crippen LogP contribution in [0.4, 0.5) is 26.3 Å². The molecule has 2 aromatic rings. The van der Waals surface area contributed by atoms with Crippen LogP contribution in [0.3, 0.4) is 0 Å². The van der Waals surface area contributed by atoms with Gasteiger partial charge in [0, 0.05) is 0 Å². The Morgan fingerprint density at radius 2 is 0.952 bits per heavy atom. The first-order chi connectivity index (χ1) is 9.21. The third-order valence-corrected chi connectivity index (χ3v) is 2.03. The Kier molecular flexibility index (Phi) is 7.80. The van der Waals surface area contributed by atoms with E-state index in [4.69, 9.17) is 0 Å². The van der Waals surface area contributed by atoms with E-state index < -0.39 is 23.5 Å². The van der Waals surface area contributed by atoms with Crippen molar-refractivity contribution in [3.8, 4) is 0 Å². The number of hydrogen-bond acceptors (Lipinski definition) is 0. The van der Waals surface area contributed by atoms with Crippen molar-refractivity contribution in [1.29, 1.82) is 0 Å². The monoisotopic (exact) mass is 314 g/mol. The zero-order valence-corrected chi connectivity index (χ0v) is 12.0. The topological polar surface area (TPSA) is 0 Å². The Morgan fingerprint density at radius 1 is 0.619 bits per heavy atom. The summed E-state index contributed by atoms with van der Waals surface area (Å²) < 4.78 is 70.5. The van der Waals surface area contributed by atoms with Crippen LogP contribution in [-0.4, -0.2) is 23.1 Å². The maximum Gasteiger partial charge on any atom is 2.00 e. The SMILES string of the molecule is FC(F)(F)c1[c-]cccc1.FC(F)(F)c1[c-]cccc1.[Mg+2]. The van der Waals surface area contributed by atoms with Gasteiger partial charge in [-0.25, -0.2) is 0 Å². The van der Waals surface area contributed by atoms with Gasteiger partial charge in [0.15, 0.2) is 0 Å². The Hall–Kier alpha value is -1.21. The molecule has 0 aliphatic carbocycles. The maximum absolute atomic E-state index is 11.8. The van der Waals surface area contributed by atoms with Gasteiger partial charge in [0.1, 0.15) is 0 Å². The van der Waals surface area contributed by atoms with E-state index in [0.717, 1.165) is 12.1 Å². The van der Waals surface area contributed by atoms with Crippen LogP contribution in [-0.2, 0) is 12.4 Å². The van der Waals surface area contributed by atoms with Crippen LogP contribution < -0.4 is 0 Å². The number of benzene rings is 2. The minimum atomic E-state index is -4.26. The largest absolute Gasteiger partial charge is 2.00 e. The molecule has 0 saturated heterocycles. The third kappa shape index (κ3) is 7.38. The van der Waals surface area contributed by atoms with Crippen LogP contribution >= 0.6 is 0 Å². The summed E-state index contributed by atoms with van der Waals surface area (Å²) in [6.45, 7) is 0. The van der Waals surface area contributed by atoms with Crippen molar-refractivity contribution in [3.05, 3.63) is 71.8 Å². The zero-order valence-electron chi connectivity index (χ0n) is 10.6. The van der Waals surface area contributed by atoms with E-state index in [1.807, 2.05) is 0 Å². The fourth-order valence-corrected chi connectivity index (χ4v) is 1.14. The first-order valence-electron chi connectivity index (χ1n) is 5.29. The Morgan fingerprint density at radius 3 is 1.10 bits per heavy atom. The smallest absolute Gasteiger partial charge is 0.176 e. The Bertz CT molecular complexity index is 455. The number of alkyl halides is 6. The summed E-state index contributed by atoms with van der Waals surface area (Å²) in [7, 11) is 0. The van der Waals surface area contributed by atoms with Gasteiger partial charge in [-0.15, -0.1) is 0 Å². The number of halogens is 6. The fraction of sp³-hybridized carbons (Fsp3) is 0.143. The second-order valence-electron chi connectivity index (χ2n) is 3.55. The number of rotatable bonds is 0. The quantitative estimate of drug-likeness (QED) is 0.378. The molecule has 2 rings (SSSR count). The third-order valence-electron chi connectivity index (χ3n) is 2.03. The summed E-state index contributed by atoms with van der Waals surface area (Å²) in [5, 5.41) is 0. The van der Waals surface area contributed by atoms with Crippen LogP contribution in [0.2, 0.25) is 0 Å². The molecule has 0 spiro atoms. The molecule has 0 aromatic heterocycles. The van der Waals surface area contributed by atoms with Gasteiger partial charge in [0.25, 0.3) is 0 Å². The van der Waals surface area contributed by atoms with Gasteiger partial charge in [-0.05, 0) is 0 Å². The summed E-state index contributed by atoms with van der Waals surface area (Å²) in [5.74, 6) is 0. The van der Waals surface area contributed by atoms with Crippen molar-refractivity contribution in [2.45, 2.75) is 12.4 Å². The molecule has 21 heavy (non-hydrogen) atoms. The van der Waals surface area contributed by atoms with E-state index in [-0.39, 0.29) is 23.1 Å². The molecule has 0 saturated carbocycles. The van der Waals surface area contributed by atoms with Crippen LogP contribution in [0.15, 0.2) is 48.5 Å². The predicted octanol–water partition coefficient (Wildman–Crippen LogP) is 4.63. The second-order valence-corrected chi connectivity index (χ2v) is 3.55. The average Bonchev–Trinajstić information content (AvgIpc) is 2.40. The molecule has 108 valence electrons. The molecule has 7 heteroatoms. The molecule has 0 atom stereocenters.